The maximum atomic E-state index is 14.0. The maximum Gasteiger partial charge on any atom is 0.251 e. The van der Waals surface area contributed by atoms with Gasteiger partial charge in [0.15, 0.2) is 0 Å². The summed E-state index contributed by atoms with van der Waals surface area (Å²) in [7, 11) is 1.74. The minimum Gasteiger partial charge on any atom is -0.390 e. The number of nitrogens with one attached hydrogen (secondary N) is 5. The minimum atomic E-state index is -0.530. The van der Waals surface area contributed by atoms with Gasteiger partial charge in [0.2, 0.25) is 5.91 Å². The Morgan fingerprint density at radius 2 is 1.37 bits per heavy atom. The van der Waals surface area contributed by atoms with E-state index < -0.39 is 12.1 Å². The molecule has 0 saturated heterocycles. The number of amides is 3. The monoisotopic (exact) mass is 686 g/mol. The van der Waals surface area contributed by atoms with Gasteiger partial charge in [-0.15, -0.1) is 0 Å². The first-order valence-electron chi connectivity index (χ1n) is 17.3. The van der Waals surface area contributed by atoms with Crippen molar-refractivity contribution in [3.8, 4) is 17.2 Å². The third-order valence-corrected chi connectivity index (χ3v) is 8.02. The zero-order chi connectivity index (χ0) is 37.2. The number of likely N-dealkylation sites (N-methyl/N-ethyl adjacent to an activating group) is 1. The third kappa shape index (κ3) is 12.6. The molecule has 51 heavy (non-hydrogen) atoms. The number of benzene rings is 4. The van der Waals surface area contributed by atoms with Crippen molar-refractivity contribution in [2.24, 2.45) is 0 Å². The van der Waals surface area contributed by atoms with Crippen molar-refractivity contribution in [3.63, 3.8) is 0 Å². The van der Waals surface area contributed by atoms with Crippen LogP contribution in [0.1, 0.15) is 77.6 Å². The molecule has 0 radical (unpaired) electrons. The predicted octanol–water partition coefficient (Wildman–Crippen LogP) is 6.30. The van der Waals surface area contributed by atoms with Crippen LogP contribution in [0, 0.1) is 11.3 Å². The van der Waals surface area contributed by atoms with Crippen LogP contribution < -0.4 is 26.6 Å². The summed E-state index contributed by atoms with van der Waals surface area (Å²) in [5.41, 5.74) is 4.82. The van der Waals surface area contributed by atoms with Crippen molar-refractivity contribution >= 4 is 17.7 Å². The van der Waals surface area contributed by atoms with Gasteiger partial charge in [-0.3, -0.25) is 14.4 Å². The lowest BCUT2D eigenvalue weighted by atomic mass is 9.95. The smallest absolute Gasteiger partial charge is 0.251 e. The van der Waals surface area contributed by atoms with Gasteiger partial charge in [0, 0.05) is 36.5 Å². The summed E-state index contributed by atoms with van der Waals surface area (Å²) in [6.07, 6.45) is 1.75. The van der Waals surface area contributed by atoms with Gasteiger partial charge in [0.05, 0.1) is 30.3 Å². The molecule has 4 aromatic carbocycles. The molecule has 5 N–H and O–H groups in total. The van der Waals surface area contributed by atoms with Gasteiger partial charge in [-0.2, -0.15) is 5.26 Å². The first kappa shape index (κ1) is 39.7. The maximum absolute atomic E-state index is 14.0. The molecule has 0 aliphatic carbocycles. The van der Waals surface area contributed by atoms with Crippen LogP contribution in [0.4, 0.5) is 0 Å². The second kappa shape index (κ2) is 20.7. The Kier molecular flexibility index (Phi) is 16.1. The number of rotatable bonds is 15. The molecule has 0 aromatic heterocycles. The molecule has 9 heteroatoms. The lowest BCUT2D eigenvalue weighted by molar-refractivity contribution is -0.122. The largest absolute Gasteiger partial charge is 0.390 e. The van der Waals surface area contributed by atoms with Gasteiger partial charge in [0.1, 0.15) is 0 Å². The number of hydrogen-bond donors (Lipinski definition) is 5. The molecule has 0 aliphatic heterocycles. The zero-order valence-corrected chi connectivity index (χ0v) is 30.3. The fraction of sp³-hybridized carbons (Fsp3) is 0.286. The topological polar surface area (TPSA) is 135 Å². The molecule has 0 aliphatic rings. The highest BCUT2D eigenvalue weighted by Gasteiger charge is 2.21. The van der Waals surface area contributed by atoms with Gasteiger partial charge < -0.3 is 26.6 Å². The van der Waals surface area contributed by atoms with E-state index in [1.165, 1.54) is 6.42 Å². The Hall–Kier alpha value is -5.72. The Labute approximate surface area is 302 Å². The molecular weight excluding hydrogens is 637 g/mol. The summed E-state index contributed by atoms with van der Waals surface area (Å²) in [5.74, 6) is -0.929. The standard InChI is InChI=1S/C39H42N6O3.C3H8/c1-26(41-4)24-43-37(46)28(3)42-25-35(19-29-13-7-5-8-14-29)45-39(48)34-21-32(36-18-12-11-17-31(36)23-40)20-33(22-34)38(47)44-27(2)30-15-9-6-10-16-30;1-3-2/h5-18,20-22,27-28,35,41-42H,1,19,24-25H2,2-4H3,(H,43,46)(H,44,47)(H,45,48);3H2,1-2H3/t27-,28?,35+;/m1./s1. The molecule has 0 heterocycles. The summed E-state index contributed by atoms with van der Waals surface area (Å²) in [4.78, 5) is 40.2. The van der Waals surface area contributed by atoms with E-state index in [2.05, 4.69) is 53.1 Å². The SMILES string of the molecule is C=C(CNC(=O)C(C)NC[C@H](Cc1ccccc1)NC(=O)c1cc(C(=O)N[C@H](C)c2ccccc2)cc(-c2ccccc2C#N)c1)NC.CCC. The zero-order valence-electron chi connectivity index (χ0n) is 30.3. The fourth-order valence-electron chi connectivity index (χ4n) is 5.17. The molecule has 4 rings (SSSR count). The first-order valence-corrected chi connectivity index (χ1v) is 17.3. The van der Waals surface area contributed by atoms with Crippen molar-refractivity contribution in [2.45, 2.75) is 58.7 Å². The number of carbonyl (C=O) groups excluding carboxylic acids is 3. The Morgan fingerprint density at radius 3 is 1.98 bits per heavy atom. The number of hydrogen-bond acceptors (Lipinski definition) is 6. The van der Waals surface area contributed by atoms with E-state index >= 15 is 0 Å². The predicted molar refractivity (Wildman–Crippen MR) is 205 cm³/mol. The number of carbonyl (C=O) groups is 3. The first-order chi connectivity index (χ1) is 24.6. The van der Waals surface area contributed by atoms with Crippen molar-refractivity contribution in [2.75, 3.05) is 20.1 Å². The number of nitriles is 1. The summed E-state index contributed by atoms with van der Waals surface area (Å²) in [6, 6.07) is 32.4. The van der Waals surface area contributed by atoms with E-state index in [4.69, 9.17) is 0 Å². The van der Waals surface area contributed by atoms with Gasteiger partial charge in [-0.1, -0.05) is 106 Å². The molecule has 9 nitrogen and oxygen atoms in total. The van der Waals surface area contributed by atoms with Crippen LogP contribution in [-0.4, -0.2) is 49.9 Å². The van der Waals surface area contributed by atoms with Crippen molar-refractivity contribution in [3.05, 3.63) is 143 Å². The normalized spacial score (nSPS) is 12.1. The molecule has 1 unspecified atom stereocenters. The van der Waals surface area contributed by atoms with Crippen LogP contribution in [0.15, 0.2) is 115 Å². The summed E-state index contributed by atoms with van der Waals surface area (Å²) in [5, 5.41) is 24.9. The molecular formula is C42H50N6O3. The summed E-state index contributed by atoms with van der Waals surface area (Å²) in [6.45, 7) is 12.3. The molecule has 0 bridgehead atoms. The van der Waals surface area contributed by atoms with E-state index in [1.807, 2.05) is 73.7 Å². The average Bonchev–Trinajstić information content (AvgIpc) is 3.16. The van der Waals surface area contributed by atoms with Crippen LogP contribution in [0.2, 0.25) is 0 Å². The highest BCUT2D eigenvalue weighted by molar-refractivity contribution is 6.02. The van der Waals surface area contributed by atoms with Crippen LogP contribution in [0.5, 0.6) is 0 Å². The van der Waals surface area contributed by atoms with E-state index in [-0.39, 0.29) is 29.3 Å². The van der Waals surface area contributed by atoms with Gasteiger partial charge in [-0.05, 0) is 66.8 Å². The Bertz CT molecular complexity index is 1790. The number of nitrogens with zero attached hydrogens (tertiary/aromatic N) is 1. The van der Waals surface area contributed by atoms with Gasteiger partial charge in [-0.25, -0.2) is 0 Å². The van der Waals surface area contributed by atoms with Crippen LogP contribution in [0.25, 0.3) is 11.1 Å². The summed E-state index contributed by atoms with van der Waals surface area (Å²) < 4.78 is 0. The van der Waals surface area contributed by atoms with Crippen molar-refractivity contribution in [1.82, 2.24) is 26.6 Å². The van der Waals surface area contributed by atoms with Crippen LogP contribution in [-0.2, 0) is 11.2 Å². The van der Waals surface area contributed by atoms with Crippen molar-refractivity contribution < 1.29 is 14.4 Å². The van der Waals surface area contributed by atoms with Gasteiger partial charge >= 0.3 is 0 Å². The van der Waals surface area contributed by atoms with E-state index in [0.29, 0.717) is 47.5 Å². The lowest BCUT2D eigenvalue weighted by Crippen LogP contribution is -2.50. The van der Waals surface area contributed by atoms with Crippen molar-refractivity contribution in [1.29, 1.82) is 5.26 Å². The summed E-state index contributed by atoms with van der Waals surface area (Å²) >= 11 is 0. The third-order valence-electron chi connectivity index (χ3n) is 8.02. The van der Waals surface area contributed by atoms with Crippen LogP contribution >= 0.6 is 0 Å². The Morgan fingerprint density at radius 1 is 0.804 bits per heavy atom. The molecule has 3 atom stereocenters. The molecule has 3 amide bonds. The van der Waals surface area contributed by atoms with E-state index in [9.17, 15) is 19.6 Å². The fourth-order valence-corrected chi connectivity index (χ4v) is 5.17. The molecule has 4 aromatic rings. The molecule has 0 saturated carbocycles. The van der Waals surface area contributed by atoms with Crippen LogP contribution in [0.3, 0.4) is 0 Å². The molecule has 0 fully saturated rings. The highest BCUT2D eigenvalue weighted by atomic mass is 16.2. The second-order valence-corrected chi connectivity index (χ2v) is 12.3. The average molecular weight is 687 g/mol. The highest BCUT2D eigenvalue weighted by Crippen LogP contribution is 2.26. The van der Waals surface area contributed by atoms with E-state index in [1.54, 1.807) is 50.4 Å². The molecule has 0 spiro atoms. The quantitative estimate of drug-likeness (QED) is 0.0997. The van der Waals surface area contributed by atoms with Gasteiger partial charge in [0.25, 0.3) is 11.8 Å². The lowest BCUT2D eigenvalue weighted by Gasteiger charge is -2.23. The van der Waals surface area contributed by atoms with E-state index in [0.717, 1.165) is 11.1 Å². The minimum absolute atomic E-state index is 0.194. The molecule has 266 valence electrons. The Balaban J connectivity index is 0.00000226. The second-order valence-electron chi connectivity index (χ2n) is 12.3.